The first-order valence-corrected chi connectivity index (χ1v) is 9.88. The average Bonchev–Trinajstić information content (AvgIpc) is 2.75. The zero-order valence-electron chi connectivity index (χ0n) is 17.0. The second-order valence-electron chi connectivity index (χ2n) is 7.46. The maximum Gasteiger partial charge on any atom is 0.248 e. The quantitative estimate of drug-likeness (QED) is 0.672. The van der Waals surface area contributed by atoms with Gasteiger partial charge in [0, 0.05) is 29.9 Å². The molecule has 0 spiro atoms. The number of ether oxygens (including phenoxy) is 1. The third kappa shape index (κ3) is 4.04. The van der Waals surface area contributed by atoms with Crippen LogP contribution in [0, 0.1) is 12.7 Å². The summed E-state index contributed by atoms with van der Waals surface area (Å²) in [6.07, 6.45) is 1.70. The number of nitrogens with one attached hydrogen (secondary N) is 1. The predicted molar refractivity (Wildman–Crippen MR) is 114 cm³/mol. The molecule has 0 bridgehead atoms. The first kappa shape index (κ1) is 20.0. The molecule has 1 amide bonds. The molecule has 1 aliphatic rings. The van der Waals surface area contributed by atoms with Crippen LogP contribution in [-0.4, -0.2) is 42.2 Å². The van der Waals surface area contributed by atoms with Crippen molar-refractivity contribution in [3.05, 3.63) is 59.0 Å². The van der Waals surface area contributed by atoms with E-state index >= 15 is 0 Å². The third-order valence-electron chi connectivity index (χ3n) is 5.31. The van der Waals surface area contributed by atoms with E-state index in [1.807, 2.05) is 13.0 Å². The lowest BCUT2D eigenvalue weighted by molar-refractivity contribution is 0.1000. The summed E-state index contributed by atoms with van der Waals surface area (Å²) in [6.45, 7) is 6.42. The van der Waals surface area contributed by atoms with E-state index in [1.54, 1.807) is 31.3 Å². The number of benzene rings is 2. The summed E-state index contributed by atoms with van der Waals surface area (Å²) in [5.74, 6) is -0.0596. The van der Waals surface area contributed by atoms with E-state index in [0.717, 1.165) is 24.5 Å². The molecular weight excluding hydrogens is 385 g/mol. The van der Waals surface area contributed by atoms with Gasteiger partial charge in [-0.15, -0.1) is 0 Å². The minimum Gasteiger partial charge on any atom is -0.378 e. The van der Waals surface area contributed by atoms with Crippen molar-refractivity contribution in [2.75, 3.05) is 36.5 Å². The number of hydrogen-bond donors (Lipinski definition) is 2. The fraction of sp³-hybridized carbons (Fsp3) is 0.318. The molecule has 2 heterocycles. The Morgan fingerprint density at radius 1 is 1.27 bits per heavy atom. The maximum absolute atomic E-state index is 14.0. The van der Waals surface area contributed by atoms with Crippen molar-refractivity contribution in [2.24, 2.45) is 5.73 Å². The molecule has 1 atom stereocenters. The van der Waals surface area contributed by atoms with Gasteiger partial charge in [0.05, 0.1) is 36.5 Å². The molecule has 2 aromatic carbocycles. The molecule has 1 saturated heterocycles. The number of anilines is 2. The van der Waals surface area contributed by atoms with Gasteiger partial charge in [-0.2, -0.15) is 0 Å². The van der Waals surface area contributed by atoms with E-state index in [2.05, 4.69) is 15.2 Å². The van der Waals surface area contributed by atoms with Crippen LogP contribution in [0.25, 0.3) is 11.0 Å². The zero-order valence-corrected chi connectivity index (χ0v) is 17.0. The maximum atomic E-state index is 14.0. The Hall–Kier alpha value is -3.26. The number of nitrogens with zero attached hydrogens (tertiary/aromatic N) is 3. The van der Waals surface area contributed by atoms with E-state index in [1.165, 1.54) is 6.07 Å². The number of carbonyl (C=O) groups excluding carboxylic acids is 1. The van der Waals surface area contributed by atoms with Crippen LogP contribution in [0.5, 0.6) is 0 Å². The minimum atomic E-state index is -0.536. The number of aryl methyl sites for hydroxylation is 1. The van der Waals surface area contributed by atoms with E-state index in [9.17, 15) is 9.18 Å². The van der Waals surface area contributed by atoms with E-state index in [0.29, 0.717) is 41.1 Å². The second-order valence-corrected chi connectivity index (χ2v) is 7.46. The molecule has 8 heteroatoms. The van der Waals surface area contributed by atoms with Gasteiger partial charge in [-0.25, -0.2) is 9.37 Å². The smallest absolute Gasteiger partial charge is 0.248 e. The van der Waals surface area contributed by atoms with E-state index < -0.39 is 5.91 Å². The van der Waals surface area contributed by atoms with Crippen molar-refractivity contribution in [1.82, 2.24) is 9.97 Å². The van der Waals surface area contributed by atoms with Gasteiger partial charge in [-0.3, -0.25) is 9.78 Å². The first-order chi connectivity index (χ1) is 14.4. The number of morpholine rings is 1. The Morgan fingerprint density at radius 2 is 2.03 bits per heavy atom. The van der Waals surface area contributed by atoms with Gasteiger partial charge in [0.15, 0.2) is 0 Å². The number of halogens is 1. The monoisotopic (exact) mass is 409 g/mol. The van der Waals surface area contributed by atoms with E-state index in [-0.39, 0.29) is 11.9 Å². The third-order valence-corrected chi connectivity index (χ3v) is 5.31. The van der Waals surface area contributed by atoms with Gasteiger partial charge < -0.3 is 20.7 Å². The fourth-order valence-corrected chi connectivity index (χ4v) is 3.56. The molecule has 156 valence electrons. The van der Waals surface area contributed by atoms with Crippen LogP contribution in [0.15, 0.2) is 36.5 Å². The highest BCUT2D eigenvalue weighted by Crippen LogP contribution is 2.29. The molecule has 0 aliphatic carbocycles. The van der Waals surface area contributed by atoms with Crippen LogP contribution in [0.1, 0.15) is 34.5 Å². The molecule has 30 heavy (non-hydrogen) atoms. The van der Waals surface area contributed by atoms with E-state index in [4.69, 9.17) is 15.5 Å². The Balaban J connectivity index is 1.75. The van der Waals surface area contributed by atoms with Gasteiger partial charge in [-0.1, -0.05) is 6.07 Å². The van der Waals surface area contributed by atoms with Crippen molar-refractivity contribution in [1.29, 1.82) is 0 Å². The van der Waals surface area contributed by atoms with Gasteiger partial charge in [0.1, 0.15) is 11.6 Å². The molecule has 4 rings (SSSR count). The zero-order chi connectivity index (χ0) is 21.3. The number of rotatable bonds is 5. The Bertz CT molecular complexity index is 1100. The summed E-state index contributed by atoms with van der Waals surface area (Å²) in [4.78, 5) is 23.3. The van der Waals surface area contributed by atoms with Gasteiger partial charge in [0.2, 0.25) is 5.91 Å². The van der Waals surface area contributed by atoms with Crippen LogP contribution in [0.3, 0.4) is 0 Å². The van der Waals surface area contributed by atoms with Crippen LogP contribution in [0.4, 0.5) is 15.9 Å². The van der Waals surface area contributed by atoms with Crippen LogP contribution in [0.2, 0.25) is 0 Å². The van der Waals surface area contributed by atoms with Crippen molar-refractivity contribution < 1.29 is 13.9 Å². The number of aromatic nitrogens is 2. The Kier molecular flexibility index (Phi) is 5.50. The van der Waals surface area contributed by atoms with Crippen molar-refractivity contribution in [3.63, 3.8) is 0 Å². The highest BCUT2D eigenvalue weighted by molar-refractivity contribution is 5.97. The average molecular weight is 409 g/mol. The molecule has 1 aromatic heterocycles. The number of primary amides is 1. The molecule has 7 nitrogen and oxygen atoms in total. The summed E-state index contributed by atoms with van der Waals surface area (Å²) in [6, 6.07) is 8.11. The number of amides is 1. The Labute approximate surface area is 174 Å². The number of fused-ring (bicyclic) bond motifs is 1. The molecule has 3 aromatic rings. The van der Waals surface area contributed by atoms with Crippen molar-refractivity contribution in [3.8, 4) is 0 Å². The number of carbonyl (C=O) groups is 1. The molecule has 3 N–H and O–H groups in total. The summed E-state index contributed by atoms with van der Waals surface area (Å²) >= 11 is 0. The van der Waals surface area contributed by atoms with Gasteiger partial charge in [0.25, 0.3) is 0 Å². The second kappa shape index (κ2) is 8.23. The summed E-state index contributed by atoms with van der Waals surface area (Å²) in [7, 11) is 0. The predicted octanol–water partition coefficient (Wildman–Crippen LogP) is 3.19. The molecule has 0 saturated carbocycles. The SMILES string of the molecule is Cc1ccc(NC(C)c2cc(C(N)=O)cc3ncc(N4CCOCC4)nc23)cc1F. The van der Waals surface area contributed by atoms with Gasteiger partial charge >= 0.3 is 0 Å². The molecule has 1 aliphatic heterocycles. The molecular formula is C22H24FN5O2. The summed E-state index contributed by atoms with van der Waals surface area (Å²) in [5, 5.41) is 3.29. The molecule has 1 unspecified atom stereocenters. The van der Waals surface area contributed by atoms with Crippen molar-refractivity contribution >= 4 is 28.4 Å². The standard InChI is InChI=1S/C22H24FN5O2/c1-13-3-4-16(11-18(13)23)26-14(2)17-9-15(22(24)29)10-19-21(17)27-20(12-25-19)28-5-7-30-8-6-28/h3-4,9-12,14,26H,5-8H2,1-2H3,(H2,24,29). The van der Waals surface area contributed by atoms with Gasteiger partial charge in [-0.05, 0) is 43.7 Å². The minimum absolute atomic E-state index is 0.261. The highest BCUT2D eigenvalue weighted by atomic mass is 19.1. The fourth-order valence-electron chi connectivity index (χ4n) is 3.56. The largest absolute Gasteiger partial charge is 0.378 e. The van der Waals surface area contributed by atoms with Crippen molar-refractivity contribution in [2.45, 2.75) is 19.9 Å². The number of nitrogens with two attached hydrogens (primary N) is 1. The van der Waals surface area contributed by atoms with Crippen LogP contribution in [-0.2, 0) is 4.74 Å². The topological polar surface area (TPSA) is 93.4 Å². The molecule has 1 fully saturated rings. The summed E-state index contributed by atoms with van der Waals surface area (Å²) < 4.78 is 19.4. The lowest BCUT2D eigenvalue weighted by Crippen LogP contribution is -2.36. The molecule has 0 radical (unpaired) electrons. The lowest BCUT2D eigenvalue weighted by Gasteiger charge is -2.28. The highest BCUT2D eigenvalue weighted by Gasteiger charge is 2.19. The lowest BCUT2D eigenvalue weighted by atomic mass is 10.0. The summed E-state index contributed by atoms with van der Waals surface area (Å²) in [5.41, 5.74) is 9.14. The first-order valence-electron chi connectivity index (χ1n) is 9.88. The number of hydrogen-bond acceptors (Lipinski definition) is 6. The normalized spacial score (nSPS) is 15.2. The Morgan fingerprint density at radius 3 is 2.73 bits per heavy atom. The van der Waals surface area contributed by atoms with Crippen LogP contribution >= 0.6 is 0 Å². The van der Waals surface area contributed by atoms with Crippen LogP contribution < -0.4 is 16.0 Å².